The molecule has 0 aromatic carbocycles. The molecule has 4 unspecified atom stereocenters. The Hall–Kier alpha value is -1.81. The summed E-state index contributed by atoms with van der Waals surface area (Å²) in [6.07, 6.45) is -2.05. The molecule has 0 spiro atoms. The van der Waals surface area contributed by atoms with Gasteiger partial charge in [0.1, 0.15) is 30.5 Å². The number of fused-ring (bicyclic) bond motifs is 1. The normalized spacial score (nSPS) is 28.4. The van der Waals surface area contributed by atoms with Crippen molar-refractivity contribution in [3.63, 3.8) is 0 Å². The average Bonchev–Trinajstić information content (AvgIpc) is 3.05. The van der Waals surface area contributed by atoms with Gasteiger partial charge in [0.25, 0.3) is 0 Å². The van der Waals surface area contributed by atoms with Crippen molar-refractivity contribution in [1.29, 1.82) is 0 Å². The van der Waals surface area contributed by atoms with Gasteiger partial charge in [-0.25, -0.2) is 15.0 Å². The van der Waals surface area contributed by atoms with Gasteiger partial charge in [-0.3, -0.25) is 4.57 Å². The van der Waals surface area contributed by atoms with E-state index in [2.05, 4.69) is 20.3 Å². The second kappa shape index (κ2) is 5.76. The van der Waals surface area contributed by atoms with E-state index in [1.165, 1.54) is 6.33 Å². The van der Waals surface area contributed by atoms with Crippen molar-refractivity contribution in [2.45, 2.75) is 37.9 Å². The van der Waals surface area contributed by atoms with E-state index in [-0.39, 0.29) is 6.61 Å². The number of aromatic nitrogens is 4. The molecule has 1 fully saturated rings. The van der Waals surface area contributed by atoms with Crippen LogP contribution in [0, 0.1) is 0 Å². The summed E-state index contributed by atoms with van der Waals surface area (Å²) in [6.45, 7) is 1.55. The Kier molecular flexibility index (Phi) is 3.96. The lowest BCUT2D eigenvalue weighted by Crippen LogP contribution is -2.33. The number of ether oxygens (including phenoxy) is 1. The minimum absolute atomic E-state index is 0.375. The predicted molar refractivity (Wildman–Crippen MR) is 77.3 cm³/mol. The van der Waals surface area contributed by atoms with E-state index in [9.17, 15) is 15.3 Å². The van der Waals surface area contributed by atoms with E-state index in [1.807, 2.05) is 6.92 Å². The number of rotatable bonds is 4. The molecule has 9 nitrogen and oxygen atoms in total. The summed E-state index contributed by atoms with van der Waals surface area (Å²) in [5.74, 6) is 1.23. The van der Waals surface area contributed by atoms with Gasteiger partial charge in [-0.15, -0.1) is 0 Å². The van der Waals surface area contributed by atoms with Crippen LogP contribution in [-0.4, -0.2) is 66.8 Å². The summed E-state index contributed by atoms with van der Waals surface area (Å²) in [5.41, 5.74) is 1.07. The molecule has 0 amide bonds. The van der Waals surface area contributed by atoms with Crippen molar-refractivity contribution >= 4 is 17.0 Å². The van der Waals surface area contributed by atoms with E-state index in [0.29, 0.717) is 29.2 Å². The highest BCUT2D eigenvalue weighted by Gasteiger charge is 2.44. The largest absolute Gasteiger partial charge is 0.394 e. The van der Waals surface area contributed by atoms with Gasteiger partial charge < -0.3 is 25.4 Å². The second-order valence-corrected chi connectivity index (χ2v) is 5.12. The first-order chi connectivity index (χ1) is 10.6. The fraction of sp³-hybridized carbons (Fsp3) is 0.615. The third-order valence-corrected chi connectivity index (χ3v) is 3.87. The Morgan fingerprint density at radius 3 is 2.68 bits per heavy atom. The molecule has 1 aliphatic heterocycles. The minimum atomic E-state index is -1.17. The van der Waals surface area contributed by atoms with E-state index in [1.54, 1.807) is 11.6 Å². The Labute approximate surface area is 126 Å². The standard InChI is InChI=1S/C13H19N5O4/c1-3-7-17-8-11(14-2)15-5-16-12(8)18(7)13-10(21)9(20)6(4-19)22-13/h5-6,9-10,13,19-21H,3-4H2,1-2H3,(H,14,15,16). The van der Waals surface area contributed by atoms with Gasteiger partial charge in [0.15, 0.2) is 23.2 Å². The van der Waals surface area contributed by atoms with Crippen LogP contribution in [0.1, 0.15) is 19.0 Å². The number of nitrogens with zero attached hydrogens (tertiary/aromatic N) is 4. The maximum Gasteiger partial charge on any atom is 0.167 e. The van der Waals surface area contributed by atoms with Crippen molar-refractivity contribution in [2.75, 3.05) is 19.0 Å². The molecule has 0 bridgehead atoms. The zero-order chi connectivity index (χ0) is 15.9. The quantitative estimate of drug-likeness (QED) is 0.569. The Morgan fingerprint density at radius 1 is 1.32 bits per heavy atom. The summed E-state index contributed by atoms with van der Waals surface area (Å²) in [5, 5.41) is 32.4. The molecule has 4 atom stereocenters. The van der Waals surface area contributed by atoms with Crippen molar-refractivity contribution in [3.05, 3.63) is 12.2 Å². The highest BCUT2D eigenvalue weighted by molar-refractivity contribution is 5.83. The lowest BCUT2D eigenvalue weighted by molar-refractivity contribution is -0.0522. The first kappa shape index (κ1) is 15.1. The lowest BCUT2D eigenvalue weighted by Gasteiger charge is -2.19. The highest BCUT2D eigenvalue weighted by Crippen LogP contribution is 2.33. The third kappa shape index (κ3) is 2.13. The molecular formula is C13H19N5O4. The summed E-state index contributed by atoms with van der Waals surface area (Å²) < 4.78 is 7.25. The van der Waals surface area contributed by atoms with Crippen molar-refractivity contribution in [2.24, 2.45) is 0 Å². The van der Waals surface area contributed by atoms with Crippen LogP contribution in [0.15, 0.2) is 6.33 Å². The maximum absolute atomic E-state index is 10.2. The van der Waals surface area contributed by atoms with Gasteiger partial charge in [-0.05, 0) is 0 Å². The number of hydrogen-bond acceptors (Lipinski definition) is 8. The molecule has 120 valence electrons. The van der Waals surface area contributed by atoms with E-state index in [4.69, 9.17) is 4.74 Å². The number of hydrogen-bond donors (Lipinski definition) is 4. The zero-order valence-corrected chi connectivity index (χ0v) is 12.3. The molecule has 22 heavy (non-hydrogen) atoms. The first-order valence-corrected chi connectivity index (χ1v) is 7.14. The van der Waals surface area contributed by atoms with E-state index < -0.39 is 24.5 Å². The third-order valence-electron chi connectivity index (χ3n) is 3.87. The van der Waals surface area contributed by atoms with Crippen molar-refractivity contribution in [3.8, 4) is 0 Å². The van der Waals surface area contributed by atoms with Gasteiger partial charge in [0.05, 0.1) is 6.61 Å². The van der Waals surface area contributed by atoms with Crippen LogP contribution < -0.4 is 5.32 Å². The number of aliphatic hydroxyl groups is 3. The van der Waals surface area contributed by atoms with Gasteiger partial charge in [-0.1, -0.05) is 6.92 Å². The summed E-state index contributed by atoms with van der Waals surface area (Å²) in [4.78, 5) is 12.8. The molecule has 4 N–H and O–H groups in total. The molecule has 3 rings (SSSR count). The fourth-order valence-electron chi connectivity index (χ4n) is 2.75. The van der Waals surface area contributed by atoms with E-state index in [0.717, 1.165) is 0 Å². The van der Waals surface area contributed by atoms with Crippen LogP contribution >= 0.6 is 0 Å². The SMILES string of the molecule is CCc1nc2c(NC)ncnc2n1C1OC(CO)C(O)C1O. The summed E-state index contributed by atoms with van der Waals surface area (Å²) in [7, 11) is 1.73. The number of aliphatic hydroxyl groups excluding tert-OH is 3. The maximum atomic E-state index is 10.2. The first-order valence-electron chi connectivity index (χ1n) is 7.14. The molecule has 0 aliphatic carbocycles. The van der Waals surface area contributed by atoms with Crippen molar-refractivity contribution < 1.29 is 20.1 Å². The van der Waals surface area contributed by atoms with Gasteiger partial charge >= 0.3 is 0 Å². The fourth-order valence-corrected chi connectivity index (χ4v) is 2.75. The zero-order valence-electron chi connectivity index (χ0n) is 12.3. The highest BCUT2D eigenvalue weighted by atomic mass is 16.6. The summed E-state index contributed by atoms with van der Waals surface area (Å²) >= 11 is 0. The molecule has 2 aromatic rings. The molecule has 9 heteroatoms. The van der Waals surface area contributed by atoms with Crippen LogP contribution in [-0.2, 0) is 11.2 Å². The molecule has 0 radical (unpaired) electrons. The Bertz CT molecular complexity index is 676. The van der Waals surface area contributed by atoms with Crippen LogP contribution in [0.25, 0.3) is 11.2 Å². The molecule has 2 aromatic heterocycles. The number of imidazole rings is 1. The smallest absolute Gasteiger partial charge is 0.167 e. The van der Waals surface area contributed by atoms with Crippen LogP contribution in [0.2, 0.25) is 0 Å². The topological polar surface area (TPSA) is 126 Å². The monoisotopic (exact) mass is 309 g/mol. The van der Waals surface area contributed by atoms with E-state index >= 15 is 0 Å². The second-order valence-electron chi connectivity index (χ2n) is 5.12. The molecule has 0 saturated carbocycles. The number of nitrogens with one attached hydrogen (secondary N) is 1. The number of anilines is 1. The average molecular weight is 309 g/mol. The Morgan fingerprint density at radius 2 is 2.09 bits per heavy atom. The molecule has 3 heterocycles. The molecular weight excluding hydrogens is 290 g/mol. The Balaban J connectivity index is 2.14. The van der Waals surface area contributed by atoms with Crippen LogP contribution in [0.5, 0.6) is 0 Å². The van der Waals surface area contributed by atoms with Gasteiger partial charge in [-0.2, -0.15) is 0 Å². The molecule has 1 saturated heterocycles. The van der Waals surface area contributed by atoms with Crippen LogP contribution in [0.3, 0.4) is 0 Å². The number of aryl methyl sites for hydroxylation is 1. The molecule has 1 aliphatic rings. The van der Waals surface area contributed by atoms with Crippen LogP contribution in [0.4, 0.5) is 5.82 Å². The van der Waals surface area contributed by atoms with Gasteiger partial charge in [0.2, 0.25) is 0 Å². The predicted octanol–water partition coefficient (Wildman–Crippen LogP) is -0.958. The summed E-state index contributed by atoms with van der Waals surface area (Å²) in [6, 6.07) is 0. The minimum Gasteiger partial charge on any atom is -0.394 e. The van der Waals surface area contributed by atoms with Crippen molar-refractivity contribution in [1.82, 2.24) is 19.5 Å². The lowest BCUT2D eigenvalue weighted by atomic mass is 10.1. The van der Waals surface area contributed by atoms with Gasteiger partial charge in [0, 0.05) is 13.5 Å².